The summed E-state index contributed by atoms with van der Waals surface area (Å²) >= 11 is 0. The van der Waals surface area contributed by atoms with Gasteiger partial charge in [0.25, 0.3) is 0 Å². The van der Waals surface area contributed by atoms with Gasteiger partial charge in [-0.3, -0.25) is 9.59 Å². The minimum Gasteiger partial charge on any atom is -0.352 e. The summed E-state index contributed by atoms with van der Waals surface area (Å²) in [7, 11) is 0. The van der Waals surface area contributed by atoms with Crippen molar-refractivity contribution in [2.24, 2.45) is 5.92 Å². The lowest BCUT2D eigenvalue weighted by Gasteiger charge is -2.18. The van der Waals surface area contributed by atoms with Gasteiger partial charge in [0.05, 0.1) is 5.92 Å². The molecule has 0 aliphatic carbocycles. The zero-order valence-corrected chi connectivity index (χ0v) is 12.3. The van der Waals surface area contributed by atoms with Gasteiger partial charge < -0.3 is 10.2 Å². The molecule has 0 aromatic heterocycles. The van der Waals surface area contributed by atoms with Crippen LogP contribution in [0.4, 0.5) is 13.2 Å². The number of rotatable bonds is 5. The highest BCUT2D eigenvalue weighted by atomic mass is 19.4. The van der Waals surface area contributed by atoms with E-state index in [-0.39, 0.29) is 19.5 Å². The fourth-order valence-electron chi connectivity index (χ4n) is 2.38. The number of carbonyl (C=O) groups is 2. The van der Waals surface area contributed by atoms with Gasteiger partial charge in [-0.15, -0.1) is 0 Å². The molecule has 1 heterocycles. The molecule has 1 N–H and O–H groups in total. The second-order valence-corrected chi connectivity index (χ2v) is 5.35. The van der Waals surface area contributed by atoms with Gasteiger partial charge in [-0.05, 0) is 5.56 Å². The van der Waals surface area contributed by atoms with E-state index >= 15 is 0 Å². The summed E-state index contributed by atoms with van der Waals surface area (Å²) in [5.74, 6) is -1.77. The first-order valence-electron chi connectivity index (χ1n) is 7.19. The molecule has 0 unspecified atom stereocenters. The van der Waals surface area contributed by atoms with Gasteiger partial charge in [0.1, 0.15) is 6.54 Å². The van der Waals surface area contributed by atoms with Gasteiger partial charge >= 0.3 is 6.18 Å². The summed E-state index contributed by atoms with van der Waals surface area (Å²) in [4.78, 5) is 24.1. The quantitative estimate of drug-likeness (QED) is 0.902. The number of benzene rings is 1. The highest BCUT2D eigenvalue weighted by Crippen LogP contribution is 2.23. The third-order valence-electron chi connectivity index (χ3n) is 3.46. The lowest BCUT2D eigenvalue weighted by atomic mass is 10.1. The molecule has 1 aliphatic rings. The standard InChI is InChI=1S/C16H17F3N2O2/c17-16(18,19)11-21-10-13(9-14(21)22)15(23)20-8-4-7-12-5-2-1-3-6-12/h1-7,13H,8-11H2,(H,20,23)/b7-4-/t13-/m1/s1. The normalized spacial score (nSPS) is 18.7. The van der Waals surface area contributed by atoms with Crippen molar-refractivity contribution in [3.8, 4) is 0 Å². The van der Waals surface area contributed by atoms with Crippen molar-refractivity contribution in [3.05, 3.63) is 42.0 Å². The predicted octanol–water partition coefficient (Wildman–Crippen LogP) is 2.23. The van der Waals surface area contributed by atoms with Crippen LogP contribution in [0, 0.1) is 5.92 Å². The van der Waals surface area contributed by atoms with Gasteiger partial charge in [-0.2, -0.15) is 13.2 Å². The SMILES string of the molecule is O=C(NC/C=C\c1ccccc1)[C@@H]1CC(=O)N(CC(F)(F)F)C1. The summed E-state index contributed by atoms with van der Waals surface area (Å²) in [6.07, 6.45) is -1.04. The second kappa shape index (κ2) is 7.30. The summed E-state index contributed by atoms with van der Waals surface area (Å²) in [6, 6.07) is 9.48. The van der Waals surface area contributed by atoms with E-state index in [1.54, 1.807) is 6.08 Å². The Hall–Kier alpha value is -2.31. The first-order chi connectivity index (χ1) is 10.8. The summed E-state index contributed by atoms with van der Waals surface area (Å²) in [5, 5.41) is 2.61. The number of alkyl halides is 3. The van der Waals surface area contributed by atoms with Crippen LogP contribution in [0.3, 0.4) is 0 Å². The van der Waals surface area contributed by atoms with Gasteiger partial charge in [-0.25, -0.2) is 0 Å². The molecule has 0 spiro atoms. The molecular weight excluding hydrogens is 309 g/mol. The lowest BCUT2D eigenvalue weighted by molar-refractivity contribution is -0.157. The maximum Gasteiger partial charge on any atom is 0.406 e. The smallest absolute Gasteiger partial charge is 0.352 e. The highest BCUT2D eigenvalue weighted by molar-refractivity contribution is 5.89. The van der Waals surface area contributed by atoms with E-state index in [1.807, 2.05) is 36.4 Å². The molecule has 0 saturated carbocycles. The van der Waals surface area contributed by atoms with Crippen LogP contribution < -0.4 is 5.32 Å². The van der Waals surface area contributed by atoms with Crippen LogP contribution in [0.25, 0.3) is 6.08 Å². The number of nitrogens with one attached hydrogen (secondary N) is 1. The molecular formula is C16H17F3N2O2. The Morgan fingerprint density at radius 1 is 1.30 bits per heavy atom. The number of carbonyl (C=O) groups excluding carboxylic acids is 2. The zero-order valence-electron chi connectivity index (χ0n) is 12.3. The molecule has 1 aromatic rings. The first-order valence-corrected chi connectivity index (χ1v) is 7.19. The van der Waals surface area contributed by atoms with E-state index in [0.29, 0.717) is 4.90 Å². The Kier molecular flexibility index (Phi) is 5.41. The Morgan fingerprint density at radius 2 is 2.00 bits per heavy atom. The maximum atomic E-state index is 12.3. The number of amides is 2. The molecule has 1 saturated heterocycles. The number of hydrogen-bond donors (Lipinski definition) is 1. The number of halogens is 3. The molecule has 2 amide bonds. The Bertz CT molecular complexity index is 585. The maximum absolute atomic E-state index is 12.3. The lowest BCUT2D eigenvalue weighted by Crippen LogP contribution is -2.37. The number of nitrogens with zero attached hydrogens (tertiary/aromatic N) is 1. The van der Waals surface area contributed by atoms with Crippen LogP contribution in [0.5, 0.6) is 0 Å². The van der Waals surface area contributed by atoms with Crippen molar-refractivity contribution in [1.29, 1.82) is 0 Å². The largest absolute Gasteiger partial charge is 0.406 e. The van der Waals surface area contributed by atoms with E-state index < -0.39 is 30.5 Å². The summed E-state index contributed by atoms with van der Waals surface area (Å²) in [5.41, 5.74) is 0.981. The molecule has 23 heavy (non-hydrogen) atoms. The van der Waals surface area contributed by atoms with Crippen LogP contribution in [0.15, 0.2) is 36.4 Å². The summed E-state index contributed by atoms with van der Waals surface area (Å²) < 4.78 is 36.9. The average Bonchev–Trinajstić information content (AvgIpc) is 2.84. The third kappa shape index (κ3) is 5.43. The molecule has 1 aliphatic heterocycles. The molecule has 2 rings (SSSR count). The molecule has 0 radical (unpaired) electrons. The van der Waals surface area contributed by atoms with Gasteiger partial charge in [0, 0.05) is 19.5 Å². The molecule has 124 valence electrons. The Labute approximate surface area is 132 Å². The zero-order chi connectivity index (χ0) is 16.9. The van der Waals surface area contributed by atoms with Crippen LogP contribution in [-0.4, -0.2) is 42.5 Å². The fourth-order valence-corrected chi connectivity index (χ4v) is 2.38. The molecule has 0 bridgehead atoms. The van der Waals surface area contributed by atoms with E-state index in [2.05, 4.69) is 5.32 Å². The monoisotopic (exact) mass is 326 g/mol. The second-order valence-electron chi connectivity index (χ2n) is 5.35. The van der Waals surface area contributed by atoms with Crippen molar-refractivity contribution >= 4 is 17.9 Å². The highest BCUT2D eigenvalue weighted by Gasteiger charge is 2.40. The van der Waals surface area contributed by atoms with E-state index in [9.17, 15) is 22.8 Å². The molecule has 1 aromatic carbocycles. The molecule has 7 heteroatoms. The number of hydrogen-bond acceptors (Lipinski definition) is 2. The molecule has 4 nitrogen and oxygen atoms in total. The topological polar surface area (TPSA) is 49.4 Å². The van der Waals surface area contributed by atoms with Crippen LogP contribution in [-0.2, 0) is 9.59 Å². The minimum atomic E-state index is -4.44. The van der Waals surface area contributed by atoms with E-state index in [4.69, 9.17) is 0 Å². The summed E-state index contributed by atoms with van der Waals surface area (Å²) in [6.45, 7) is -1.23. The van der Waals surface area contributed by atoms with Crippen LogP contribution in [0.2, 0.25) is 0 Å². The average molecular weight is 326 g/mol. The van der Waals surface area contributed by atoms with E-state index in [1.165, 1.54) is 0 Å². The fraction of sp³-hybridized carbons (Fsp3) is 0.375. The van der Waals surface area contributed by atoms with Crippen molar-refractivity contribution < 1.29 is 22.8 Å². The van der Waals surface area contributed by atoms with Crippen LogP contribution in [0.1, 0.15) is 12.0 Å². The van der Waals surface area contributed by atoms with Crippen LogP contribution >= 0.6 is 0 Å². The first kappa shape index (κ1) is 17.1. The predicted molar refractivity (Wildman–Crippen MR) is 79.2 cm³/mol. The third-order valence-corrected chi connectivity index (χ3v) is 3.46. The van der Waals surface area contributed by atoms with Gasteiger partial charge in [-0.1, -0.05) is 42.5 Å². The van der Waals surface area contributed by atoms with E-state index in [0.717, 1.165) is 5.56 Å². The van der Waals surface area contributed by atoms with Gasteiger partial charge in [0.15, 0.2) is 0 Å². The minimum absolute atomic E-state index is 0.176. The van der Waals surface area contributed by atoms with Gasteiger partial charge in [0.2, 0.25) is 11.8 Å². The van der Waals surface area contributed by atoms with Crippen molar-refractivity contribution in [1.82, 2.24) is 10.2 Å². The van der Waals surface area contributed by atoms with Crippen molar-refractivity contribution in [2.45, 2.75) is 12.6 Å². The van der Waals surface area contributed by atoms with Crippen molar-refractivity contribution in [2.75, 3.05) is 19.6 Å². The molecule has 1 fully saturated rings. The Morgan fingerprint density at radius 3 is 2.65 bits per heavy atom. The number of likely N-dealkylation sites (tertiary alicyclic amines) is 1. The molecule has 1 atom stereocenters. The Balaban J connectivity index is 1.78. The van der Waals surface area contributed by atoms with Crippen molar-refractivity contribution in [3.63, 3.8) is 0 Å².